The van der Waals surface area contributed by atoms with Crippen LogP contribution in [0.4, 0.5) is 34.1 Å². The fraction of sp³-hybridized carbons (Fsp3) is 0.0400. The summed E-state index contributed by atoms with van der Waals surface area (Å²) in [6, 6.07) is 157. The molecular formula is C100H77BN2Si2. The first-order valence-electron chi connectivity index (χ1n) is 36.7. The first-order chi connectivity index (χ1) is 51.7. The number of fused-ring (bicyclic) bond motifs is 4. The van der Waals surface area contributed by atoms with Crippen molar-refractivity contribution in [3.8, 4) is 55.6 Å². The van der Waals surface area contributed by atoms with Gasteiger partial charge in [-0.2, -0.15) is 0 Å². The number of hydrogen-bond donors (Lipinski definition) is 0. The first-order valence-corrected chi connectivity index (χ1v) is 40.7. The lowest BCUT2D eigenvalue weighted by Crippen LogP contribution is -2.78. The molecule has 0 aliphatic carbocycles. The summed E-state index contributed by atoms with van der Waals surface area (Å²) in [6.45, 7) is 6.80. The molecule has 0 radical (unpaired) electrons. The summed E-state index contributed by atoms with van der Waals surface area (Å²) in [4.78, 5) is 5.18. The molecule has 18 rings (SSSR count). The van der Waals surface area contributed by atoms with Gasteiger partial charge in [-0.15, -0.1) is 0 Å². The number of benzene rings is 16. The molecule has 2 nitrogen and oxygen atoms in total. The molecule has 16 aromatic carbocycles. The van der Waals surface area contributed by atoms with Gasteiger partial charge in [-0.05, 0) is 156 Å². The Labute approximate surface area is 620 Å². The van der Waals surface area contributed by atoms with Gasteiger partial charge in [-0.1, -0.05) is 391 Å². The molecule has 105 heavy (non-hydrogen) atoms. The van der Waals surface area contributed by atoms with Crippen molar-refractivity contribution in [3.63, 3.8) is 0 Å². The summed E-state index contributed by atoms with van der Waals surface area (Å²) in [5, 5.41) is 10.5. The van der Waals surface area contributed by atoms with Gasteiger partial charge in [0.15, 0.2) is 16.1 Å². The molecule has 0 N–H and O–H groups in total. The van der Waals surface area contributed by atoms with Gasteiger partial charge in [0.1, 0.15) is 0 Å². The van der Waals surface area contributed by atoms with Crippen LogP contribution in [0.25, 0.3) is 55.6 Å². The molecule has 0 atom stereocenters. The molecule has 0 saturated heterocycles. The Balaban J connectivity index is 0.964. The lowest BCUT2D eigenvalue weighted by molar-refractivity contribution is 0.590. The van der Waals surface area contributed by atoms with Gasteiger partial charge in [0.05, 0.1) is 11.4 Å². The predicted octanol–water partition coefficient (Wildman–Crippen LogP) is 18.2. The molecular weight excluding hydrogens is 1300 g/mol. The zero-order chi connectivity index (χ0) is 70.5. The van der Waals surface area contributed by atoms with E-state index in [0.29, 0.717) is 0 Å². The third kappa shape index (κ3) is 11.3. The highest BCUT2D eigenvalue weighted by Gasteiger charge is 2.48. The van der Waals surface area contributed by atoms with Crippen molar-refractivity contribution in [1.29, 1.82) is 0 Å². The highest BCUT2D eigenvalue weighted by Crippen LogP contribution is 2.49. The monoisotopic (exact) mass is 1370 g/mol. The molecule has 0 spiro atoms. The topological polar surface area (TPSA) is 6.48 Å². The van der Waals surface area contributed by atoms with Crippen molar-refractivity contribution in [2.75, 3.05) is 9.80 Å². The van der Waals surface area contributed by atoms with Crippen molar-refractivity contribution in [1.82, 2.24) is 0 Å². The van der Waals surface area contributed by atoms with E-state index >= 15 is 0 Å². The Morgan fingerprint density at radius 1 is 0.210 bits per heavy atom. The second kappa shape index (κ2) is 27.1. The van der Waals surface area contributed by atoms with Gasteiger partial charge in [-0.3, -0.25) is 0 Å². The second-order valence-electron chi connectivity index (χ2n) is 29.0. The Hall–Kier alpha value is -12.4. The van der Waals surface area contributed by atoms with Crippen LogP contribution in [-0.4, -0.2) is 22.9 Å². The highest BCUT2D eigenvalue weighted by molar-refractivity contribution is 7.22. The van der Waals surface area contributed by atoms with E-state index < -0.39 is 16.1 Å². The fourth-order valence-corrected chi connectivity index (χ4v) is 27.1. The largest absolute Gasteiger partial charge is 0.311 e. The standard InChI is InChI=1S/C100H77BN2Si2/c1-100(2,3)80-62-64-94(90(70-80)75-41-18-7-19-42-75)103-95-58-31-29-56-91(95)101-92-69-78(61-63-96(92)102(97-59-34-60-98(103)99(97)101)93-57-30-28-55-89(93)74-39-16-6-17-40-74)79-67-87(104(81-45-20-8-21-46-81,82-47-22-9-23-48-82)85-53-32-43-76(65-85)72-35-12-4-13-36-72)71-88(68-79)105(83-49-24-10-25-50-83,84-51-26-11-27-52-84)86-54-33-44-77(66-86)73-37-14-5-15-38-73/h4-71H,1-3H3. The molecule has 16 aromatic rings. The van der Waals surface area contributed by atoms with E-state index in [2.05, 4.69) is 443 Å². The van der Waals surface area contributed by atoms with Crippen LogP contribution in [0.15, 0.2) is 413 Å². The van der Waals surface area contributed by atoms with E-state index in [1.54, 1.807) is 0 Å². The first kappa shape index (κ1) is 64.7. The van der Waals surface area contributed by atoms with E-state index in [1.165, 1.54) is 114 Å². The molecule has 2 aliphatic rings. The van der Waals surface area contributed by atoms with Crippen LogP contribution in [0.5, 0.6) is 0 Å². The summed E-state index contributed by atoms with van der Waals surface area (Å²) >= 11 is 0. The number of hydrogen-bond acceptors (Lipinski definition) is 2. The zero-order valence-corrected chi connectivity index (χ0v) is 61.2. The van der Waals surface area contributed by atoms with Crippen LogP contribution in [-0.2, 0) is 5.41 Å². The van der Waals surface area contributed by atoms with E-state index in [9.17, 15) is 0 Å². The van der Waals surface area contributed by atoms with Crippen LogP contribution in [0.2, 0.25) is 0 Å². The molecule has 2 aliphatic heterocycles. The summed E-state index contributed by atoms with van der Waals surface area (Å²) < 4.78 is 0. The lowest BCUT2D eigenvalue weighted by atomic mass is 9.33. The van der Waals surface area contributed by atoms with Gasteiger partial charge in [0.2, 0.25) is 0 Å². The van der Waals surface area contributed by atoms with Crippen molar-refractivity contribution in [2.45, 2.75) is 26.2 Å². The SMILES string of the molecule is CC(C)(C)c1ccc(N2c3ccccc3B3c4cc(-c5cc([Si](c6ccccc6)(c6ccccc6)c6cccc(-c7ccccc7)c6)cc([Si](c6ccccc6)(c6ccccc6)c6cccc(-c7ccccc7)c6)c5)ccc4N(c4ccccc4-c4ccccc4)c4cccc2c43)c(-c2ccccc2)c1. The van der Waals surface area contributed by atoms with E-state index in [0.717, 1.165) is 39.6 Å². The second-order valence-corrected chi connectivity index (χ2v) is 36.7. The molecule has 498 valence electrons. The number of nitrogens with zero attached hydrogens (tertiary/aromatic N) is 2. The van der Waals surface area contributed by atoms with E-state index in [1.807, 2.05) is 0 Å². The summed E-state index contributed by atoms with van der Waals surface area (Å²) in [6.07, 6.45) is 0. The molecule has 0 amide bonds. The molecule has 0 fully saturated rings. The Bertz CT molecular complexity index is 5560. The van der Waals surface area contributed by atoms with Crippen LogP contribution >= 0.6 is 0 Å². The molecule has 0 bridgehead atoms. The normalized spacial score (nSPS) is 12.5. The Morgan fingerprint density at radius 3 is 1.02 bits per heavy atom. The average molecular weight is 1370 g/mol. The molecule has 0 aromatic heterocycles. The van der Waals surface area contributed by atoms with Crippen molar-refractivity contribution >= 4 is 115 Å². The maximum Gasteiger partial charge on any atom is 0.252 e. The minimum Gasteiger partial charge on any atom is -0.311 e. The van der Waals surface area contributed by atoms with Crippen molar-refractivity contribution in [3.05, 3.63) is 418 Å². The summed E-state index contributed by atoms with van der Waals surface area (Å²) in [7, 11) is -6.83. The summed E-state index contributed by atoms with van der Waals surface area (Å²) in [5.74, 6) is 0. The fourth-order valence-electron chi connectivity index (χ4n) is 17.3. The Morgan fingerprint density at radius 2 is 0.543 bits per heavy atom. The molecule has 5 heteroatoms. The number of rotatable bonds is 15. The van der Waals surface area contributed by atoms with Crippen LogP contribution in [0, 0.1) is 0 Å². The van der Waals surface area contributed by atoms with Crippen molar-refractivity contribution < 1.29 is 0 Å². The van der Waals surface area contributed by atoms with Gasteiger partial charge in [0.25, 0.3) is 6.71 Å². The van der Waals surface area contributed by atoms with Crippen molar-refractivity contribution in [2.24, 2.45) is 0 Å². The molecule has 0 saturated carbocycles. The maximum absolute atomic E-state index is 3.42. The van der Waals surface area contributed by atoms with Crippen LogP contribution < -0.4 is 67.7 Å². The average Bonchev–Trinajstić information content (AvgIpc) is 0.699. The van der Waals surface area contributed by atoms with Gasteiger partial charge < -0.3 is 9.80 Å². The lowest BCUT2D eigenvalue weighted by Gasteiger charge is -2.45. The van der Waals surface area contributed by atoms with Gasteiger partial charge >= 0.3 is 0 Å². The summed E-state index contributed by atoms with van der Waals surface area (Å²) in [5.41, 5.74) is 23.7. The minimum atomic E-state index is -3.42. The quantitative estimate of drug-likeness (QED) is 0.0746. The van der Waals surface area contributed by atoms with Crippen LogP contribution in [0.3, 0.4) is 0 Å². The smallest absolute Gasteiger partial charge is 0.252 e. The zero-order valence-electron chi connectivity index (χ0n) is 59.2. The third-order valence-corrected chi connectivity index (χ3v) is 31.5. The highest BCUT2D eigenvalue weighted by atomic mass is 28.3. The van der Waals surface area contributed by atoms with Gasteiger partial charge in [-0.25, -0.2) is 0 Å². The number of para-hydroxylation sites is 2. The van der Waals surface area contributed by atoms with Crippen LogP contribution in [0.1, 0.15) is 26.3 Å². The number of anilines is 6. The van der Waals surface area contributed by atoms with E-state index in [-0.39, 0.29) is 12.1 Å². The minimum absolute atomic E-state index is 0.0757. The van der Waals surface area contributed by atoms with E-state index in [4.69, 9.17) is 0 Å². The predicted molar refractivity (Wildman–Crippen MR) is 454 cm³/mol. The maximum atomic E-state index is 2.71. The Kier molecular flexibility index (Phi) is 16.7. The molecule has 0 unspecified atom stereocenters. The van der Waals surface area contributed by atoms with Gasteiger partial charge in [0, 0.05) is 33.9 Å². The molecule has 2 heterocycles. The third-order valence-electron chi connectivity index (χ3n) is 22.1.